The van der Waals surface area contributed by atoms with Gasteiger partial charge in [0.05, 0.1) is 38.1 Å². The second kappa shape index (κ2) is 18.6. The third-order valence-corrected chi connectivity index (χ3v) is 10.1. The van der Waals surface area contributed by atoms with Crippen LogP contribution in [-0.4, -0.2) is 49.4 Å². The van der Waals surface area contributed by atoms with Crippen LogP contribution in [-0.2, 0) is 48.2 Å². The van der Waals surface area contributed by atoms with E-state index < -0.39 is 36.7 Å². The number of benzene rings is 4. The summed E-state index contributed by atoms with van der Waals surface area (Å²) in [5.41, 5.74) is 3.51. The summed E-state index contributed by atoms with van der Waals surface area (Å²) >= 11 is 0. The van der Waals surface area contributed by atoms with Crippen LogP contribution in [0.4, 0.5) is 0 Å². The second-order valence-corrected chi connectivity index (χ2v) is 14.3. The van der Waals surface area contributed by atoms with Crippen LogP contribution in [0.15, 0.2) is 121 Å². The SMILES string of the molecule is CC(C)[C@@H]1C[C@@H](C)CC[C@H]1O[C@H]1O[C@H](COCc2ccccc2)[C@@H](OCc2ccccc2)[C@H](OCc2ccccc2)[C@@H]1OC(=O)c1ccccc1. The minimum atomic E-state index is -0.917. The largest absolute Gasteiger partial charge is 0.450 e. The van der Waals surface area contributed by atoms with Crippen molar-refractivity contribution in [1.82, 2.24) is 0 Å². The van der Waals surface area contributed by atoms with Gasteiger partial charge in [0.25, 0.3) is 0 Å². The zero-order valence-corrected chi connectivity index (χ0v) is 30.1. The second-order valence-electron chi connectivity index (χ2n) is 14.3. The van der Waals surface area contributed by atoms with E-state index in [2.05, 4.69) is 20.8 Å². The van der Waals surface area contributed by atoms with E-state index in [0.29, 0.717) is 36.5 Å². The lowest BCUT2D eigenvalue weighted by Gasteiger charge is -2.47. The van der Waals surface area contributed by atoms with Gasteiger partial charge in [0.2, 0.25) is 0 Å². The third kappa shape index (κ3) is 10.4. The predicted molar refractivity (Wildman–Crippen MR) is 197 cm³/mol. The zero-order chi connectivity index (χ0) is 35.4. The Balaban J connectivity index is 1.35. The van der Waals surface area contributed by atoms with Gasteiger partial charge >= 0.3 is 5.97 Å². The lowest BCUT2D eigenvalue weighted by Crippen LogP contribution is -2.63. The van der Waals surface area contributed by atoms with Crippen molar-refractivity contribution in [1.29, 1.82) is 0 Å². The van der Waals surface area contributed by atoms with Crippen LogP contribution >= 0.6 is 0 Å². The molecule has 1 aliphatic heterocycles. The summed E-state index contributed by atoms with van der Waals surface area (Å²) in [6, 6.07) is 39.1. The van der Waals surface area contributed by atoms with Crippen LogP contribution in [0.5, 0.6) is 0 Å². The molecule has 0 unspecified atom stereocenters. The van der Waals surface area contributed by atoms with Crippen LogP contribution in [0, 0.1) is 17.8 Å². The molecule has 0 N–H and O–H groups in total. The fourth-order valence-corrected chi connectivity index (χ4v) is 7.24. The van der Waals surface area contributed by atoms with Gasteiger partial charge in [-0.3, -0.25) is 0 Å². The van der Waals surface area contributed by atoms with E-state index in [9.17, 15) is 4.79 Å². The maximum absolute atomic E-state index is 13.8. The molecular formula is C44H52O7. The highest BCUT2D eigenvalue weighted by atomic mass is 16.7. The van der Waals surface area contributed by atoms with Gasteiger partial charge in [0, 0.05) is 0 Å². The molecule has 0 radical (unpaired) electrons. The summed E-state index contributed by atoms with van der Waals surface area (Å²) in [5.74, 6) is 0.910. The van der Waals surface area contributed by atoms with Gasteiger partial charge in [0.15, 0.2) is 12.4 Å². The first-order valence-electron chi connectivity index (χ1n) is 18.4. The van der Waals surface area contributed by atoms with E-state index in [1.165, 1.54) is 0 Å². The summed E-state index contributed by atoms with van der Waals surface area (Å²) in [7, 11) is 0. The Labute approximate surface area is 303 Å². The average molecular weight is 693 g/mol. The summed E-state index contributed by atoms with van der Waals surface area (Å²) in [6.07, 6.45) is -0.793. The van der Waals surface area contributed by atoms with E-state index >= 15 is 0 Å². The maximum atomic E-state index is 13.8. The van der Waals surface area contributed by atoms with Crippen LogP contribution in [0.25, 0.3) is 0 Å². The Morgan fingerprint density at radius 1 is 0.686 bits per heavy atom. The molecule has 0 aromatic heterocycles. The number of hydrogen-bond acceptors (Lipinski definition) is 7. The van der Waals surface area contributed by atoms with Crippen molar-refractivity contribution in [3.8, 4) is 0 Å². The third-order valence-electron chi connectivity index (χ3n) is 10.1. The predicted octanol–water partition coefficient (Wildman–Crippen LogP) is 8.80. The molecule has 8 atom stereocenters. The number of carbonyl (C=O) groups is 1. The molecule has 2 fully saturated rings. The molecule has 270 valence electrons. The summed E-state index contributed by atoms with van der Waals surface area (Å²) < 4.78 is 40.2. The first kappa shape index (κ1) is 36.9. The Kier molecular flexibility index (Phi) is 13.5. The number of rotatable bonds is 15. The molecule has 2 aliphatic rings. The maximum Gasteiger partial charge on any atom is 0.338 e. The molecule has 1 saturated carbocycles. The van der Waals surface area contributed by atoms with Gasteiger partial charge in [-0.1, -0.05) is 130 Å². The van der Waals surface area contributed by atoms with Crippen LogP contribution in [0.3, 0.4) is 0 Å². The molecule has 1 aliphatic carbocycles. The van der Waals surface area contributed by atoms with Crippen LogP contribution in [0.2, 0.25) is 0 Å². The lowest BCUT2D eigenvalue weighted by molar-refractivity contribution is -0.331. The zero-order valence-electron chi connectivity index (χ0n) is 30.1. The monoisotopic (exact) mass is 692 g/mol. The normalized spacial score (nSPS) is 26.5. The molecule has 1 heterocycles. The van der Waals surface area contributed by atoms with Gasteiger partial charge in [-0.15, -0.1) is 0 Å². The minimum absolute atomic E-state index is 0.0634. The van der Waals surface area contributed by atoms with Gasteiger partial charge in [-0.25, -0.2) is 4.79 Å². The molecule has 51 heavy (non-hydrogen) atoms. The van der Waals surface area contributed by atoms with Crippen molar-refractivity contribution in [3.05, 3.63) is 144 Å². The number of ether oxygens (including phenoxy) is 6. The van der Waals surface area contributed by atoms with Crippen molar-refractivity contribution in [3.63, 3.8) is 0 Å². The average Bonchev–Trinajstić information content (AvgIpc) is 3.16. The fourth-order valence-electron chi connectivity index (χ4n) is 7.24. The van der Waals surface area contributed by atoms with Crippen molar-refractivity contribution in [2.75, 3.05) is 6.61 Å². The lowest BCUT2D eigenvalue weighted by atomic mass is 9.75. The molecule has 1 saturated heterocycles. The minimum Gasteiger partial charge on any atom is -0.450 e. The molecule has 0 bridgehead atoms. The van der Waals surface area contributed by atoms with E-state index in [1.54, 1.807) is 12.1 Å². The van der Waals surface area contributed by atoms with Crippen LogP contribution < -0.4 is 0 Å². The molecule has 4 aromatic carbocycles. The Morgan fingerprint density at radius 2 is 1.22 bits per heavy atom. The van der Waals surface area contributed by atoms with Gasteiger partial charge in [0.1, 0.15) is 18.3 Å². The highest BCUT2D eigenvalue weighted by Crippen LogP contribution is 2.39. The van der Waals surface area contributed by atoms with Crippen molar-refractivity contribution < 1.29 is 33.2 Å². The van der Waals surface area contributed by atoms with E-state index in [1.807, 2.05) is 109 Å². The first-order chi connectivity index (χ1) is 24.9. The number of esters is 1. The number of hydrogen-bond donors (Lipinski definition) is 0. The van der Waals surface area contributed by atoms with Gasteiger partial charge in [-0.2, -0.15) is 0 Å². The highest BCUT2D eigenvalue weighted by molar-refractivity contribution is 5.89. The van der Waals surface area contributed by atoms with Crippen molar-refractivity contribution >= 4 is 5.97 Å². The summed E-state index contributed by atoms with van der Waals surface area (Å²) in [6.45, 7) is 8.07. The molecule has 4 aromatic rings. The van der Waals surface area contributed by atoms with Gasteiger partial charge in [-0.05, 0) is 65.8 Å². The van der Waals surface area contributed by atoms with Crippen molar-refractivity contribution in [2.24, 2.45) is 17.8 Å². The van der Waals surface area contributed by atoms with E-state index in [4.69, 9.17) is 28.4 Å². The molecule has 7 nitrogen and oxygen atoms in total. The summed E-state index contributed by atoms with van der Waals surface area (Å²) in [4.78, 5) is 13.8. The Hall–Kier alpha value is -3.85. The fraction of sp³-hybridized carbons (Fsp3) is 0.432. The van der Waals surface area contributed by atoms with E-state index in [0.717, 1.165) is 36.0 Å². The molecular weight excluding hydrogens is 640 g/mol. The Bertz CT molecular complexity index is 1580. The van der Waals surface area contributed by atoms with E-state index in [-0.39, 0.29) is 19.3 Å². The highest BCUT2D eigenvalue weighted by Gasteiger charge is 2.52. The summed E-state index contributed by atoms with van der Waals surface area (Å²) in [5, 5.41) is 0. The molecule has 0 spiro atoms. The van der Waals surface area contributed by atoms with Crippen molar-refractivity contribution in [2.45, 2.75) is 96.7 Å². The number of carbonyl (C=O) groups excluding carboxylic acids is 1. The Morgan fingerprint density at radius 3 is 1.78 bits per heavy atom. The quantitative estimate of drug-likeness (QED) is 0.115. The standard InChI is InChI=1S/C44H52O7/c1-31(2)37-26-32(3)24-25-38(37)49-44-42(51-43(45)36-22-14-7-15-23-36)41(48-29-35-20-12-6-13-21-35)40(47-28-34-18-10-5-11-19-34)39(50-44)30-46-27-33-16-8-4-9-17-33/h4-23,31-32,37-42,44H,24-30H2,1-3H3/t32-,37-,38+,39+,40+,41-,42-,44-/m0/s1. The molecule has 6 rings (SSSR count). The van der Waals surface area contributed by atoms with Gasteiger partial charge < -0.3 is 28.4 Å². The smallest absolute Gasteiger partial charge is 0.338 e. The van der Waals surface area contributed by atoms with Crippen LogP contribution in [0.1, 0.15) is 67.1 Å². The molecule has 7 heteroatoms. The topological polar surface area (TPSA) is 72.5 Å². The molecule has 0 amide bonds. The first-order valence-corrected chi connectivity index (χ1v) is 18.4.